The molecule has 0 saturated heterocycles. The van der Waals surface area contributed by atoms with E-state index >= 15 is 0 Å². The minimum atomic E-state index is 0. The van der Waals surface area contributed by atoms with Gasteiger partial charge >= 0.3 is 0 Å². The molecule has 3 N–H and O–H groups in total. The maximum atomic E-state index is 11.8. The van der Waals surface area contributed by atoms with Crippen LogP contribution in [0.1, 0.15) is 36.0 Å². The van der Waals surface area contributed by atoms with Gasteiger partial charge in [-0.1, -0.05) is 24.6 Å². The van der Waals surface area contributed by atoms with Gasteiger partial charge in [-0.3, -0.25) is 4.79 Å². The first-order valence-corrected chi connectivity index (χ1v) is 6.34. The number of benzene rings is 1. The fourth-order valence-corrected chi connectivity index (χ4v) is 2.45. The summed E-state index contributed by atoms with van der Waals surface area (Å²) in [4.78, 5) is 11.8. The molecular weight excluding hydrogens is 248 g/mol. The zero-order valence-electron chi connectivity index (χ0n) is 10.5. The van der Waals surface area contributed by atoms with Crippen LogP contribution in [0.4, 0.5) is 0 Å². The van der Waals surface area contributed by atoms with Crippen molar-refractivity contribution in [1.29, 1.82) is 0 Å². The van der Waals surface area contributed by atoms with E-state index in [0.717, 1.165) is 24.9 Å². The topological polar surface area (TPSA) is 55.1 Å². The Hall–Kier alpha value is -1.06. The van der Waals surface area contributed by atoms with Crippen molar-refractivity contribution in [2.75, 3.05) is 6.54 Å². The SMILES string of the molecule is Cl.NC1CCCC(CNC(=O)c2ccccc2)C1. The van der Waals surface area contributed by atoms with Gasteiger partial charge in [-0.05, 0) is 37.3 Å². The number of rotatable bonds is 3. The summed E-state index contributed by atoms with van der Waals surface area (Å²) in [6.45, 7) is 0.751. The van der Waals surface area contributed by atoms with E-state index in [4.69, 9.17) is 5.73 Å². The maximum Gasteiger partial charge on any atom is 0.251 e. The quantitative estimate of drug-likeness (QED) is 0.884. The standard InChI is InChI=1S/C14H20N2O.ClH/c15-13-8-4-5-11(9-13)10-16-14(17)12-6-2-1-3-7-12;/h1-3,6-7,11,13H,4-5,8-10,15H2,(H,16,17);1H. The lowest BCUT2D eigenvalue weighted by molar-refractivity contribution is 0.0942. The first kappa shape index (κ1) is 15.0. The van der Waals surface area contributed by atoms with Gasteiger partial charge in [0.25, 0.3) is 5.91 Å². The highest BCUT2D eigenvalue weighted by atomic mass is 35.5. The number of hydrogen-bond donors (Lipinski definition) is 2. The summed E-state index contributed by atoms with van der Waals surface area (Å²) in [6, 6.07) is 9.67. The molecule has 2 atom stereocenters. The van der Waals surface area contributed by atoms with Crippen molar-refractivity contribution in [3.8, 4) is 0 Å². The van der Waals surface area contributed by atoms with Crippen molar-refractivity contribution in [2.45, 2.75) is 31.7 Å². The Morgan fingerprint density at radius 1 is 1.28 bits per heavy atom. The fourth-order valence-electron chi connectivity index (χ4n) is 2.45. The fraction of sp³-hybridized carbons (Fsp3) is 0.500. The molecule has 1 aromatic rings. The zero-order valence-corrected chi connectivity index (χ0v) is 11.3. The van der Waals surface area contributed by atoms with Gasteiger partial charge in [0, 0.05) is 18.2 Å². The third-order valence-corrected chi connectivity index (χ3v) is 3.41. The van der Waals surface area contributed by atoms with Crippen LogP contribution in [-0.4, -0.2) is 18.5 Å². The van der Waals surface area contributed by atoms with Crippen LogP contribution >= 0.6 is 12.4 Å². The monoisotopic (exact) mass is 268 g/mol. The van der Waals surface area contributed by atoms with E-state index < -0.39 is 0 Å². The van der Waals surface area contributed by atoms with E-state index in [1.54, 1.807) is 0 Å². The lowest BCUT2D eigenvalue weighted by atomic mass is 9.86. The molecule has 100 valence electrons. The van der Waals surface area contributed by atoms with Crippen LogP contribution in [-0.2, 0) is 0 Å². The van der Waals surface area contributed by atoms with Gasteiger partial charge in [0.2, 0.25) is 0 Å². The Kier molecular flexibility index (Phi) is 6.16. The molecule has 18 heavy (non-hydrogen) atoms. The Balaban J connectivity index is 0.00000162. The van der Waals surface area contributed by atoms with Crippen LogP contribution < -0.4 is 11.1 Å². The van der Waals surface area contributed by atoms with Gasteiger partial charge in [-0.25, -0.2) is 0 Å². The second kappa shape index (κ2) is 7.39. The van der Waals surface area contributed by atoms with E-state index in [0.29, 0.717) is 12.0 Å². The molecule has 1 amide bonds. The van der Waals surface area contributed by atoms with Gasteiger partial charge < -0.3 is 11.1 Å². The van der Waals surface area contributed by atoms with E-state index in [9.17, 15) is 4.79 Å². The number of nitrogens with two attached hydrogens (primary N) is 1. The van der Waals surface area contributed by atoms with Crippen LogP contribution in [0.3, 0.4) is 0 Å². The molecule has 1 aromatic carbocycles. The third-order valence-electron chi connectivity index (χ3n) is 3.41. The summed E-state index contributed by atoms with van der Waals surface area (Å²) >= 11 is 0. The van der Waals surface area contributed by atoms with Crippen molar-refractivity contribution in [1.82, 2.24) is 5.32 Å². The Bertz CT molecular complexity index is 369. The minimum Gasteiger partial charge on any atom is -0.352 e. The van der Waals surface area contributed by atoms with E-state index in [1.165, 1.54) is 12.8 Å². The number of halogens is 1. The lowest BCUT2D eigenvalue weighted by Crippen LogP contribution is -2.35. The maximum absolute atomic E-state index is 11.8. The van der Waals surface area contributed by atoms with Crippen LogP contribution in [0.15, 0.2) is 30.3 Å². The molecule has 1 fully saturated rings. The van der Waals surface area contributed by atoms with Crippen LogP contribution in [0.2, 0.25) is 0 Å². The number of nitrogens with one attached hydrogen (secondary N) is 1. The average molecular weight is 269 g/mol. The summed E-state index contributed by atoms with van der Waals surface area (Å²) in [6.07, 6.45) is 4.54. The normalized spacial score (nSPS) is 22.9. The molecule has 2 unspecified atom stereocenters. The first-order valence-electron chi connectivity index (χ1n) is 6.34. The molecule has 3 nitrogen and oxygen atoms in total. The highest BCUT2D eigenvalue weighted by molar-refractivity contribution is 5.94. The lowest BCUT2D eigenvalue weighted by Gasteiger charge is -2.26. The Morgan fingerprint density at radius 3 is 2.67 bits per heavy atom. The molecule has 2 rings (SSSR count). The van der Waals surface area contributed by atoms with Gasteiger partial charge in [0.05, 0.1) is 0 Å². The number of carbonyl (C=O) groups excluding carboxylic acids is 1. The highest BCUT2D eigenvalue weighted by Crippen LogP contribution is 2.22. The second-order valence-electron chi connectivity index (χ2n) is 4.87. The summed E-state index contributed by atoms with van der Waals surface area (Å²) in [5, 5.41) is 2.99. The first-order chi connectivity index (χ1) is 8.25. The van der Waals surface area contributed by atoms with Gasteiger partial charge in [0.1, 0.15) is 0 Å². The Labute approximate surface area is 115 Å². The van der Waals surface area contributed by atoms with Gasteiger partial charge in [-0.15, -0.1) is 12.4 Å². The number of hydrogen-bond acceptors (Lipinski definition) is 2. The van der Waals surface area contributed by atoms with Gasteiger partial charge in [-0.2, -0.15) is 0 Å². The minimum absolute atomic E-state index is 0. The molecule has 1 aliphatic rings. The summed E-state index contributed by atoms with van der Waals surface area (Å²) in [7, 11) is 0. The van der Waals surface area contributed by atoms with Gasteiger partial charge in [0.15, 0.2) is 0 Å². The highest BCUT2D eigenvalue weighted by Gasteiger charge is 2.19. The number of carbonyl (C=O) groups is 1. The molecule has 1 saturated carbocycles. The van der Waals surface area contributed by atoms with Crippen LogP contribution in [0.25, 0.3) is 0 Å². The van der Waals surface area contributed by atoms with E-state index in [-0.39, 0.29) is 18.3 Å². The average Bonchev–Trinajstić information content (AvgIpc) is 2.37. The summed E-state index contributed by atoms with van der Waals surface area (Å²) in [5.74, 6) is 0.566. The van der Waals surface area contributed by atoms with Crippen molar-refractivity contribution < 1.29 is 4.79 Å². The molecule has 0 spiro atoms. The predicted octanol–water partition coefficient (Wildman–Crippen LogP) is 2.36. The van der Waals surface area contributed by atoms with Crippen molar-refractivity contribution in [2.24, 2.45) is 11.7 Å². The summed E-state index contributed by atoms with van der Waals surface area (Å²) < 4.78 is 0. The molecular formula is C14H21ClN2O. The largest absolute Gasteiger partial charge is 0.352 e. The second-order valence-corrected chi connectivity index (χ2v) is 4.87. The van der Waals surface area contributed by atoms with Crippen molar-refractivity contribution in [3.05, 3.63) is 35.9 Å². The molecule has 0 bridgehead atoms. The smallest absolute Gasteiger partial charge is 0.251 e. The molecule has 4 heteroatoms. The Morgan fingerprint density at radius 2 is 2.00 bits per heavy atom. The third kappa shape index (κ3) is 4.31. The molecule has 0 radical (unpaired) electrons. The van der Waals surface area contributed by atoms with E-state index in [2.05, 4.69) is 5.32 Å². The predicted molar refractivity (Wildman–Crippen MR) is 76.0 cm³/mol. The molecule has 0 aromatic heterocycles. The van der Waals surface area contributed by atoms with E-state index in [1.807, 2.05) is 30.3 Å². The molecule has 0 aliphatic heterocycles. The molecule has 1 aliphatic carbocycles. The van der Waals surface area contributed by atoms with Crippen molar-refractivity contribution >= 4 is 18.3 Å². The van der Waals surface area contributed by atoms with Crippen molar-refractivity contribution in [3.63, 3.8) is 0 Å². The van der Waals surface area contributed by atoms with Crippen LogP contribution in [0, 0.1) is 5.92 Å². The number of amides is 1. The zero-order chi connectivity index (χ0) is 12.1. The van der Waals surface area contributed by atoms with Crippen LogP contribution in [0.5, 0.6) is 0 Å². The summed E-state index contributed by atoms with van der Waals surface area (Å²) in [5.41, 5.74) is 6.66. The molecule has 0 heterocycles.